The van der Waals surface area contributed by atoms with Gasteiger partial charge in [-0.2, -0.15) is 0 Å². The predicted octanol–water partition coefficient (Wildman–Crippen LogP) is -2.95. The van der Waals surface area contributed by atoms with Crippen molar-refractivity contribution in [2.24, 2.45) is 0 Å². The van der Waals surface area contributed by atoms with Crippen molar-refractivity contribution in [3.8, 4) is 0 Å². The number of unbranched alkanes of at least 4 members (excludes halogenated alkanes) is 2. The molecule has 0 atom stereocenters. The molecule has 0 aromatic carbocycles. The molecule has 0 radical (unpaired) electrons. The van der Waals surface area contributed by atoms with Gasteiger partial charge in [-0.05, 0) is 0 Å². The molecule has 1 aliphatic rings. The Bertz CT molecular complexity index is 322. The Morgan fingerprint density at radius 3 is 2.53 bits per heavy atom. The van der Waals surface area contributed by atoms with E-state index in [9.17, 15) is 4.79 Å². The summed E-state index contributed by atoms with van der Waals surface area (Å²) in [5.41, 5.74) is 0. The summed E-state index contributed by atoms with van der Waals surface area (Å²) < 4.78 is 5.06. The molecule has 2 nitrogen and oxygen atoms in total. The molecule has 109 valence electrons. The Hall–Kier alpha value is 0.617. The molecular formula is C13H24Cl2HfNOSi. The standard InChI is InChI=1S/C6H13NO.C5H5.C2H7Si.2ClH.Hf/c1-2-3-4-5-6(7)8;1-2-4-5-3-1;1-3-2;;;/h2-5H2,1H3,(H2,7,8);1-3H,4H2;3H,1-2H3;2*1H;/q;;;;;+3/p-3. The van der Waals surface area contributed by atoms with Crippen LogP contribution in [-0.4, -0.2) is 11.9 Å². The van der Waals surface area contributed by atoms with Gasteiger partial charge in [0, 0.05) is 0 Å². The van der Waals surface area contributed by atoms with E-state index in [-0.39, 0.29) is 24.8 Å². The Morgan fingerprint density at radius 2 is 2.05 bits per heavy atom. The summed E-state index contributed by atoms with van der Waals surface area (Å²) in [7, 11) is 0. The third kappa shape index (κ3) is 8.48. The van der Waals surface area contributed by atoms with Crippen molar-refractivity contribution in [2.75, 3.05) is 0 Å². The van der Waals surface area contributed by atoms with Crippen LogP contribution in [0.4, 0.5) is 0 Å². The fourth-order valence-corrected chi connectivity index (χ4v) is 21.5. The zero-order valence-corrected chi connectivity index (χ0v) is 18.3. The SMILES string of the molecule is CCCCCC(=O)[NH][Hf+2]([C]1=CC=CC1)[SiH](C)C.[Cl-].[Cl-]. The molecule has 6 heteroatoms. The first-order chi connectivity index (χ1) is 8.15. The quantitative estimate of drug-likeness (QED) is 0.302. The van der Waals surface area contributed by atoms with E-state index in [4.69, 9.17) is 0 Å². The molecule has 0 spiro atoms. The summed E-state index contributed by atoms with van der Waals surface area (Å²) in [6, 6.07) is 0. The Morgan fingerprint density at radius 1 is 1.37 bits per heavy atom. The second-order valence-electron chi connectivity index (χ2n) is 4.90. The minimum atomic E-state index is -1.92. The van der Waals surface area contributed by atoms with Gasteiger partial charge in [0.05, 0.1) is 0 Å². The normalized spacial score (nSPS) is 12.5. The van der Waals surface area contributed by atoms with E-state index in [0.29, 0.717) is 5.91 Å². The van der Waals surface area contributed by atoms with Crippen LogP contribution in [0.15, 0.2) is 21.6 Å². The van der Waals surface area contributed by atoms with E-state index in [2.05, 4.69) is 41.6 Å². The van der Waals surface area contributed by atoms with E-state index in [1.807, 2.05) is 0 Å². The summed E-state index contributed by atoms with van der Waals surface area (Å²) in [6.45, 7) is 6.97. The van der Waals surface area contributed by atoms with E-state index in [0.717, 1.165) is 19.3 Å². The second-order valence-corrected chi connectivity index (χ2v) is 30.6. The molecule has 1 rings (SSSR count). The molecule has 1 aliphatic carbocycles. The Balaban J connectivity index is 0. The van der Waals surface area contributed by atoms with Gasteiger partial charge >= 0.3 is 115 Å². The van der Waals surface area contributed by atoms with Crippen molar-refractivity contribution >= 4 is 11.9 Å². The zero-order valence-electron chi connectivity index (χ0n) is 12.0. The Kier molecular flexibility index (Phi) is 14.3. The van der Waals surface area contributed by atoms with Crippen LogP contribution in [-0.2, 0) is 25.7 Å². The summed E-state index contributed by atoms with van der Waals surface area (Å²) in [6.07, 6.45) is 11.9. The van der Waals surface area contributed by atoms with Crippen LogP contribution in [0.1, 0.15) is 39.0 Å². The molecule has 0 aromatic heterocycles. The largest absolute Gasteiger partial charge is 1.00 e. The zero-order chi connectivity index (χ0) is 12.7. The first-order valence-electron chi connectivity index (χ1n) is 6.68. The number of rotatable bonds is 7. The molecule has 19 heavy (non-hydrogen) atoms. The maximum absolute atomic E-state index is 11.9. The van der Waals surface area contributed by atoms with E-state index < -0.39 is 26.9 Å². The summed E-state index contributed by atoms with van der Waals surface area (Å²) in [5, 5.41) is 0. The van der Waals surface area contributed by atoms with Crippen molar-refractivity contribution in [3.63, 3.8) is 0 Å². The number of carbonyl (C=O) groups is 1. The predicted molar refractivity (Wildman–Crippen MR) is 73.0 cm³/mol. The summed E-state index contributed by atoms with van der Waals surface area (Å²) >= 11 is -1.92. The number of nitrogens with one attached hydrogen (secondary N) is 1. The minimum Gasteiger partial charge on any atom is -1.00 e. The maximum atomic E-state index is 11.9. The van der Waals surface area contributed by atoms with Gasteiger partial charge in [-0.25, -0.2) is 0 Å². The van der Waals surface area contributed by atoms with Gasteiger partial charge in [-0.15, -0.1) is 0 Å². The number of amides is 1. The van der Waals surface area contributed by atoms with Gasteiger partial charge in [-0.1, -0.05) is 0 Å². The second kappa shape index (κ2) is 12.4. The fourth-order valence-electron chi connectivity index (χ4n) is 1.99. The fraction of sp³-hybridized carbons (Fsp3) is 0.615. The third-order valence-electron chi connectivity index (χ3n) is 2.98. The van der Waals surface area contributed by atoms with Crippen molar-refractivity contribution in [1.82, 2.24) is 3.30 Å². The third-order valence-corrected chi connectivity index (χ3v) is 26.6. The number of halogens is 2. The first-order valence-corrected chi connectivity index (χ1v) is 19.4. The van der Waals surface area contributed by atoms with Crippen molar-refractivity contribution in [1.29, 1.82) is 0 Å². The van der Waals surface area contributed by atoms with Gasteiger partial charge in [0.1, 0.15) is 0 Å². The number of allylic oxidation sites excluding steroid dienone is 4. The Labute approximate surface area is 138 Å². The van der Waals surface area contributed by atoms with Crippen LogP contribution in [0.2, 0.25) is 13.1 Å². The molecule has 0 saturated carbocycles. The average molecular weight is 488 g/mol. The molecular weight excluding hydrogens is 464 g/mol. The summed E-state index contributed by atoms with van der Waals surface area (Å²) in [5.74, 6) is -0.335. The molecule has 0 aromatic rings. The van der Waals surface area contributed by atoms with Gasteiger partial charge < -0.3 is 24.8 Å². The van der Waals surface area contributed by atoms with Crippen molar-refractivity contribution in [3.05, 3.63) is 21.6 Å². The van der Waals surface area contributed by atoms with Crippen LogP contribution in [0, 0.1) is 0 Å². The monoisotopic (exact) mass is 488 g/mol. The van der Waals surface area contributed by atoms with Crippen LogP contribution in [0.25, 0.3) is 0 Å². The molecule has 0 unspecified atom stereocenters. The van der Waals surface area contributed by atoms with Crippen LogP contribution >= 0.6 is 0 Å². The van der Waals surface area contributed by atoms with E-state index in [1.54, 1.807) is 3.33 Å². The van der Waals surface area contributed by atoms with Gasteiger partial charge in [0.15, 0.2) is 0 Å². The van der Waals surface area contributed by atoms with Gasteiger partial charge in [0.2, 0.25) is 0 Å². The van der Waals surface area contributed by atoms with Gasteiger partial charge in [0.25, 0.3) is 0 Å². The topological polar surface area (TPSA) is 29.1 Å². The van der Waals surface area contributed by atoms with E-state index >= 15 is 0 Å². The molecule has 0 saturated heterocycles. The molecule has 1 N–H and O–H groups in total. The van der Waals surface area contributed by atoms with Gasteiger partial charge in [-0.3, -0.25) is 0 Å². The van der Waals surface area contributed by atoms with Crippen molar-refractivity contribution in [2.45, 2.75) is 52.1 Å². The van der Waals surface area contributed by atoms with E-state index in [1.165, 1.54) is 12.8 Å². The average Bonchev–Trinajstić information content (AvgIpc) is 2.79. The maximum Gasteiger partial charge on any atom is -1.00 e. The first kappa shape index (κ1) is 21.9. The van der Waals surface area contributed by atoms with Crippen LogP contribution < -0.4 is 28.1 Å². The smallest absolute Gasteiger partial charge is 1.00 e. The molecule has 0 fully saturated rings. The van der Waals surface area contributed by atoms with Crippen molar-refractivity contribution < 1.29 is 50.5 Å². The van der Waals surface area contributed by atoms with Crippen LogP contribution in [0.3, 0.4) is 0 Å². The molecule has 1 amide bonds. The minimum absolute atomic E-state index is 0. The molecule has 0 heterocycles. The number of carbonyl (C=O) groups excluding carboxylic acids is 1. The molecule has 0 aliphatic heterocycles. The molecule has 0 bridgehead atoms. The summed E-state index contributed by atoms with van der Waals surface area (Å²) in [4.78, 5) is 11.9. The number of hydrogen-bond donors (Lipinski definition) is 1. The number of hydrogen-bond acceptors (Lipinski definition) is 1. The van der Waals surface area contributed by atoms with Crippen LogP contribution in [0.5, 0.6) is 0 Å².